The number of amides is 2. The Labute approximate surface area is 155 Å². The summed E-state index contributed by atoms with van der Waals surface area (Å²) < 4.78 is 1.84. The summed E-state index contributed by atoms with van der Waals surface area (Å²) >= 11 is 0. The van der Waals surface area contributed by atoms with Crippen LogP contribution < -0.4 is 5.32 Å². The Kier molecular flexibility index (Phi) is 5.37. The average molecular weight is 361 g/mol. The molecule has 0 spiro atoms. The SMILES string of the molecule is CCN1CCC[C@@H](CN(C)C(=O)C2(C(=O)NC)CC2)[C@@H]1c1cnn(C)c1. The van der Waals surface area contributed by atoms with E-state index < -0.39 is 5.41 Å². The molecule has 2 amide bonds. The van der Waals surface area contributed by atoms with E-state index in [1.54, 1.807) is 11.9 Å². The maximum absolute atomic E-state index is 12.9. The molecule has 1 aliphatic heterocycles. The summed E-state index contributed by atoms with van der Waals surface area (Å²) in [4.78, 5) is 29.3. The van der Waals surface area contributed by atoms with Gasteiger partial charge in [-0.2, -0.15) is 5.10 Å². The van der Waals surface area contributed by atoms with E-state index in [2.05, 4.69) is 28.4 Å². The summed E-state index contributed by atoms with van der Waals surface area (Å²) in [7, 11) is 5.39. The zero-order valence-electron chi connectivity index (χ0n) is 16.4. The van der Waals surface area contributed by atoms with Crippen molar-refractivity contribution in [1.29, 1.82) is 0 Å². The number of nitrogens with zero attached hydrogens (tertiary/aromatic N) is 4. The van der Waals surface area contributed by atoms with E-state index in [9.17, 15) is 9.59 Å². The number of hydrogen-bond donors (Lipinski definition) is 1. The summed E-state index contributed by atoms with van der Waals surface area (Å²) in [6.07, 6.45) is 7.57. The van der Waals surface area contributed by atoms with Gasteiger partial charge in [0.25, 0.3) is 0 Å². The van der Waals surface area contributed by atoms with Crippen molar-refractivity contribution < 1.29 is 9.59 Å². The third-order valence-electron chi connectivity index (χ3n) is 6.01. The lowest BCUT2D eigenvalue weighted by molar-refractivity contribution is -0.143. The third-order valence-corrected chi connectivity index (χ3v) is 6.01. The van der Waals surface area contributed by atoms with E-state index in [0.717, 1.165) is 25.9 Å². The van der Waals surface area contributed by atoms with E-state index in [4.69, 9.17) is 0 Å². The molecule has 2 heterocycles. The monoisotopic (exact) mass is 361 g/mol. The largest absolute Gasteiger partial charge is 0.358 e. The zero-order valence-corrected chi connectivity index (χ0v) is 16.4. The van der Waals surface area contributed by atoms with E-state index in [1.807, 2.05) is 25.0 Å². The van der Waals surface area contributed by atoms with Crippen molar-refractivity contribution >= 4 is 11.8 Å². The topological polar surface area (TPSA) is 70.5 Å². The van der Waals surface area contributed by atoms with Gasteiger partial charge >= 0.3 is 0 Å². The summed E-state index contributed by atoms with van der Waals surface area (Å²) in [5.41, 5.74) is 0.402. The average Bonchev–Trinajstić information content (AvgIpc) is 3.35. The van der Waals surface area contributed by atoms with Crippen LogP contribution in [0, 0.1) is 11.3 Å². The minimum absolute atomic E-state index is 0.0320. The number of carbonyl (C=O) groups is 2. The fraction of sp³-hybridized carbons (Fsp3) is 0.737. The van der Waals surface area contributed by atoms with Crippen LogP contribution in [-0.4, -0.2) is 65.1 Å². The fourth-order valence-corrected chi connectivity index (χ4v) is 4.48. The molecule has 1 saturated carbocycles. The molecule has 0 aromatic carbocycles. The number of carbonyl (C=O) groups excluding carboxylic acids is 2. The Morgan fingerprint density at radius 3 is 2.69 bits per heavy atom. The molecule has 1 aliphatic carbocycles. The second-order valence-electron chi connectivity index (χ2n) is 7.77. The standard InChI is InChI=1S/C19H31N5O2/c1-5-24-10-6-7-14(16(24)15-11-21-23(4)13-15)12-22(3)18(26)19(8-9-19)17(25)20-2/h11,13-14,16H,5-10,12H2,1-4H3,(H,20,25)/t14-,16+/m0/s1. The van der Waals surface area contributed by atoms with E-state index >= 15 is 0 Å². The van der Waals surface area contributed by atoms with E-state index in [-0.39, 0.29) is 17.9 Å². The van der Waals surface area contributed by atoms with Crippen LogP contribution in [0.15, 0.2) is 12.4 Å². The first-order valence-electron chi connectivity index (χ1n) is 9.63. The number of aryl methyl sites for hydroxylation is 1. The minimum atomic E-state index is -0.813. The van der Waals surface area contributed by atoms with Gasteiger partial charge in [0.05, 0.1) is 6.20 Å². The molecular formula is C19H31N5O2. The van der Waals surface area contributed by atoms with Crippen LogP contribution in [0.1, 0.15) is 44.2 Å². The Balaban J connectivity index is 1.76. The number of rotatable bonds is 6. The number of hydrogen-bond acceptors (Lipinski definition) is 4. The molecule has 0 bridgehead atoms. The quantitative estimate of drug-likeness (QED) is 0.773. The molecule has 1 aromatic rings. The number of piperidine rings is 1. The molecule has 2 fully saturated rings. The number of aromatic nitrogens is 2. The lowest BCUT2D eigenvalue weighted by Gasteiger charge is -2.42. The summed E-state index contributed by atoms with van der Waals surface area (Å²) in [6.45, 7) is 4.92. The lowest BCUT2D eigenvalue weighted by Crippen LogP contribution is -2.47. The fourth-order valence-electron chi connectivity index (χ4n) is 4.48. The Morgan fingerprint density at radius 1 is 1.42 bits per heavy atom. The third kappa shape index (κ3) is 3.37. The molecule has 0 unspecified atom stereocenters. The van der Waals surface area contributed by atoms with Crippen LogP contribution in [0.4, 0.5) is 0 Å². The van der Waals surface area contributed by atoms with Crippen molar-refractivity contribution in [2.24, 2.45) is 18.4 Å². The van der Waals surface area contributed by atoms with Crippen LogP contribution in [0.25, 0.3) is 0 Å². The van der Waals surface area contributed by atoms with Crippen molar-refractivity contribution in [3.8, 4) is 0 Å². The van der Waals surface area contributed by atoms with Crippen LogP contribution in [0.3, 0.4) is 0 Å². The summed E-state index contributed by atoms with van der Waals surface area (Å²) in [6, 6.07) is 0.271. The second-order valence-corrected chi connectivity index (χ2v) is 7.77. The number of likely N-dealkylation sites (tertiary alicyclic amines) is 1. The van der Waals surface area contributed by atoms with Crippen LogP contribution in [0.5, 0.6) is 0 Å². The maximum Gasteiger partial charge on any atom is 0.238 e. The van der Waals surface area contributed by atoms with Crippen molar-refractivity contribution in [1.82, 2.24) is 24.9 Å². The Bertz CT molecular complexity index is 667. The van der Waals surface area contributed by atoms with Gasteiger partial charge in [-0.3, -0.25) is 19.2 Å². The minimum Gasteiger partial charge on any atom is -0.358 e. The Hall–Kier alpha value is -1.89. The summed E-state index contributed by atoms with van der Waals surface area (Å²) in [5, 5.41) is 7.00. The van der Waals surface area contributed by atoms with Crippen molar-refractivity contribution in [2.75, 3.05) is 33.7 Å². The van der Waals surface area contributed by atoms with Crippen LogP contribution in [-0.2, 0) is 16.6 Å². The predicted octanol–water partition coefficient (Wildman–Crippen LogP) is 1.18. The van der Waals surface area contributed by atoms with Gasteiger partial charge in [-0.05, 0) is 44.7 Å². The first-order chi connectivity index (χ1) is 12.4. The van der Waals surface area contributed by atoms with Gasteiger partial charge in [-0.25, -0.2) is 0 Å². The molecule has 1 saturated heterocycles. The molecule has 0 radical (unpaired) electrons. The van der Waals surface area contributed by atoms with E-state index in [1.165, 1.54) is 5.56 Å². The van der Waals surface area contributed by atoms with Gasteiger partial charge < -0.3 is 10.2 Å². The zero-order chi connectivity index (χ0) is 18.9. The lowest BCUT2D eigenvalue weighted by atomic mass is 9.85. The van der Waals surface area contributed by atoms with Crippen LogP contribution in [0.2, 0.25) is 0 Å². The highest BCUT2D eigenvalue weighted by atomic mass is 16.2. The molecule has 7 nitrogen and oxygen atoms in total. The normalized spacial score (nSPS) is 24.9. The highest BCUT2D eigenvalue weighted by Crippen LogP contribution is 2.47. The van der Waals surface area contributed by atoms with Gasteiger partial charge in [-0.1, -0.05) is 6.92 Å². The van der Waals surface area contributed by atoms with E-state index in [0.29, 0.717) is 25.3 Å². The molecule has 144 valence electrons. The highest BCUT2D eigenvalue weighted by Gasteiger charge is 2.57. The van der Waals surface area contributed by atoms with Gasteiger partial charge in [-0.15, -0.1) is 0 Å². The molecule has 2 atom stereocenters. The molecule has 7 heteroatoms. The molecule has 1 N–H and O–H groups in total. The highest BCUT2D eigenvalue weighted by molar-refractivity contribution is 6.07. The Morgan fingerprint density at radius 2 is 2.15 bits per heavy atom. The maximum atomic E-state index is 12.9. The molecule has 2 aliphatic rings. The number of nitrogens with one attached hydrogen (secondary N) is 1. The van der Waals surface area contributed by atoms with Gasteiger partial charge in [0, 0.05) is 45.5 Å². The summed E-state index contributed by atoms with van der Waals surface area (Å²) in [5.74, 6) is 0.176. The predicted molar refractivity (Wildman–Crippen MR) is 99.3 cm³/mol. The second kappa shape index (κ2) is 7.39. The van der Waals surface area contributed by atoms with Gasteiger partial charge in [0.15, 0.2) is 0 Å². The van der Waals surface area contributed by atoms with Crippen molar-refractivity contribution in [3.05, 3.63) is 18.0 Å². The van der Waals surface area contributed by atoms with Gasteiger partial charge in [0.1, 0.15) is 5.41 Å². The molecule has 1 aromatic heterocycles. The van der Waals surface area contributed by atoms with Gasteiger partial charge in [0.2, 0.25) is 11.8 Å². The molecular weight excluding hydrogens is 330 g/mol. The molecule has 26 heavy (non-hydrogen) atoms. The first-order valence-corrected chi connectivity index (χ1v) is 9.63. The molecule has 3 rings (SSSR count). The van der Waals surface area contributed by atoms with Crippen LogP contribution >= 0.6 is 0 Å². The first kappa shape index (κ1) is 18.9. The smallest absolute Gasteiger partial charge is 0.238 e. The van der Waals surface area contributed by atoms with Crippen molar-refractivity contribution in [3.63, 3.8) is 0 Å². The van der Waals surface area contributed by atoms with Crippen molar-refractivity contribution in [2.45, 2.75) is 38.6 Å².